The van der Waals surface area contributed by atoms with Crippen LogP contribution in [-0.2, 0) is 9.59 Å². The number of likely N-dealkylation sites (tertiary alicyclic amines) is 1. The van der Waals surface area contributed by atoms with Crippen LogP contribution in [0.1, 0.15) is 32.1 Å². The van der Waals surface area contributed by atoms with Gasteiger partial charge in [-0.05, 0) is 41.5 Å². The summed E-state index contributed by atoms with van der Waals surface area (Å²) in [4.78, 5) is 26.8. The number of tetrazole rings is 1. The molecule has 130 valence electrons. The van der Waals surface area contributed by atoms with Crippen molar-refractivity contribution >= 4 is 17.5 Å². The lowest BCUT2D eigenvalue weighted by Gasteiger charge is -2.23. The number of benzene rings is 1. The summed E-state index contributed by atoms with van der Waals surface area (Å²) < 4.78 is 1.52. The van der Waals surface area contributed by atoms with E-state index in [4.69, 9.17) is 0 Å². The molecule has 2 amide bonds. The molecule has 0 bridgehead atoms. The van der Waals surface area contributed by atoms with Gasteiger partial charge < -0.3 is 10.2 Å². The van der Waals surface area contributed by atoms with Crippen LogP contribution in [0, 0.1) is 5.92 Å². The summed E-state index contributed by atoms with van der Waals surface area (Å²) in [5, 5.41) is 14.0. The third-order valence-corrected chi connectivity index (χ3v) is 5.02. The summed E-state index contributed by atoms with van der Waals surface area (Å²) >= 11 is 0. The van der Waals surface area contributed by atoms with E-state index in [1.54, 1.807) is 6.07 Å². The second-order valence-electron chi connectivity index (χ2n) is 6.68. The van der Waals surface area contributed by atoms with Crippen molar-refractivity contribution in [1.82, 2.24) is 25.1 Å². The monoisotopic (exact) mass is 340 g/mol. The minimum absolute atomic E-state index is 0.106. The first-order valence-electron chi connectivity index (χ1n) is 8.64. The Morgan fingerprint density at radius 1 is 1.24 bits per heavy atom. The molecule has 8 heteroatoms. The zero-order valence-electron chi connectivity index (χ0n) is 13.8. The van der Waals surface area contributed by atoms with Crippen LogP contribution in [0.3, 0.4) is 0 Å². The summed E-state index contributed by atoms with van der Waals surface area (Å²) in [6.45, 7) is 0.530. The number of rotatable bonds is 4. The third-order valence-electron chi connectivity index (χ3n) is 5.02. The van der Waals surface area contributed by atoms with E-state index < -0.39 is 0 Å². The van der Waals surface area contributed by atoms with Gasteiger partial charge in [-0.2, -0.15) is 0 Å². The molecule has 1 aliphatic heterocycles. The molecule has 2 aliphatic rings. The second-order valence-corrected chi connectivity index (χ2v) is 6.68. The summed E-state index contributed by atoms with van der Waals surface area (Å²) in [6.07, 6.45) is 6.28. The molecule has 1 saturated carbocycles. The highest BCUT2D eigenvalue weighted by molar-refractivity contribution is 5.97. The molecule has 1 N–H and O–H groups in total. The fraction of sp³-hybridized carbons (Fsp3) is 0.471. The summed E-state index contributed by atoms with van der Waals surface area (Å²) in [5.41, 5.74) is 1.43. The van der Waals surface area contributed by atoms with E-state index in [0.717, 1.165) is 18.5 Å². The summed E-state index contributed by atoms with van der Waals surface area (Å²) in [5.74, 6) is -0.290. The molecule has 0 spiro atoms. The van der Waals surface area contributed by atoms with Crippen molar-refractivity contribution in [3.05, 3.63) is 30.6 Å². The van der Waals surface area contributed by atoms with E-state index in [2.05, 4.69) is 20.8 Å². The van der Waals surface area contributed by atoms with Gasteiger partial charge in [0, 0.05) is 24.7 Å². The highest BCUT2D eigenvalue weighted by Crippen LogP contribution is 2.30. The van der Waals surface area contributed by atoms with Gasteiger partial charge in [-0.1, -0.05) is 18.9 Å². The maximum Gasteiger partial charge on any atom is 0.229 e. The second kappa shape index (κ2) is 6.62. The van der Waals surface area contributed by atoms with Crippen molar-refractivity contribution in [2.24, 2.45) is 5.92 Å². The topological polar surface area (TPSA) is 93.0 Å². The molecule has 2 heterocycles. The quantitative estimate of drug-likeness (QED) is 0.908. The maximum atomic E-state index is 12.6. The van der Waals surface area contributed by atoms with Crippen LogP contribution < -0.4 is 5.32 Å². The average molecular weight is 340 g/mol. The molecule has 1 saturated heterocycles. The molecular formula is C17H20N6O2. The highest BCUT2D eigenvalue weighted by Gasteiger charge is 2.38. The van der Waals surface area contributed by atoms with E-state index in [-0.39, 0.29) is 17.7 Å². The van der Waals surface area contributed by atoms with Crippen LogP contribution in [0.4, 0.5) is 5.69 Å². The number of amides is 2. The first kappa shape index (κ1) is 15.7. The van der Waals surface area contributed by atoms with Crippen molar-refractivity contribution in [2.45, 2.75) is 38.1 Å². The third kappa shape index (κ3) is 3.24. The minimum Gasteiger partial charge on any atom is -0.339 e. The molecule has 1 aromatic heterocycles. The van der Waals surface area contributed by atoms with Gasteiger partial charge in [-0.3, -0.25) is 9.59 Å². The maximum absolute atomic E-state index is 12.6. The standard InChI is InChI=1S/C17H20N6O2/c24-16-8-12(10-22(16)14-5-1-2-6-14)17(25)19-13-4-3-7-15(9-13)23-11-18-20-21-23/h3-4,7,9,11-12,14H,1-2,5-6,8,10H2,(H,19,25)/t12-/m1/s1. The highest BCUT2D eigenvalue weighted by atomic mass is 16.2. The summed E-state index contributed by atoms with van der Waals surface area (Å²) in [6, 6.07) is 7.63. The van der Waals surface area contributed by atoms with Crippen LogP contribution >= 0.6 is 0 Å². The van der Waals surface area contributed by atoms with Crippen molar-refractivity contribution in [2.75, 3.05) is 11.9 Å². The first-order chi connectivity index (χ1) is 12.2. The Kier molecular flexibility index (Phi) is 4.17. The molecule has 2 aromatic rings. The Labute approximate surface area is 145 Å². The van der Waals surface area contributed by atoms with E-state index in [1.165, 1.54) is 23.9 Å². The Morgan fingerprint density at radius 2 is 2.08 bits per heavy atom. The Balaban J connectivity index is 1.42. The molecule has 0 unspecified atom stereocenters. The van der Waals surface area contributed by atoms with E-state index in [9.17, 15) is 9.59 Å². The van der Waals surface area contributed by atoms with Crippen molar-refractivity contribution in [1.29, 1.82) is 0 Å². The van der Waals surface area contributed by atoms with Gasteiger partial charge in [-0.25, -0.2) is 4.68 Å². The SMILES string of the molecule is O=C(Nc1cccc(-n2cnnn2)c1)[C@@H]1CC(=O)N(C2CCCC2)C1. The molecule has 4 rings (SSSR count). The van der Waals surface area contributed by atoms with E-state index in [0.29, 0.717) is 24.7 Å². The molecule has 1 aliphatic carbocycles. The number of aromatic nitrogens is 4. The number of carbonyl (C=O) groups is 2. The van der Waals surface area contributed by atoms with Gasteiger partial charge in [0.2, 0.25) is 11.8 Å². The van der Waals surface area contributed by atoms with Crippen LogP contribution in [0.15, 0.2) is 30.6 Å². The number of carbonyl (C=O) groups excluding carboxylic acids is 2. The van der Waals surface area contributed by atoms with Gasteiger partial charge in [0.25, 0.3) is 0 Å². The zero-order chi connectivity index (χ0) is 17.2. The van der Waals surface area contributed by atoms with Crippen LogP contribution in [0.25, 0.3) is 5.69 Å². The number of anilines is 1. The molecule has 1 aromatic carbocycles. The molecule has 8 nitrogen and oxygen atoms in total. The lowest BCUT2D eigenvalue weighted by atomic mass is 10.1. The van der Waals surface area contributed by atoms with Crippen LogP contribution in [-0.4, -0.2) is 49.5 Å². The smallest absolute Gasteiger partial charge is 0.229 e. The van der Waals surface area contributed by atoms with E-state index >= 15 is 0 Å². The lowest BCUT2D eigenvalue weighted by Crippen LogP contribution is -2.35. The predicted octanol–water partition coefficient (Wildman–Crippen LogP) is 1.39. The van der Waals surface area contributed by atoms with Crippen molar-refractivity contribution < 1.29 is 9.59 Å². The number of hydrogen-bond donors (Lipinski definition) is 1. The molecule has 25 heavy (non-hydrogen) atoms. The van der Waals surface area contributed by atoms with E-state index in [1.807, 2.05) is 23.1 Å². The van der Waals surface area contributed by atoms with Gasteiger partial charge >= 0.3 is 0 Å². The average Bonchev–Trinajstić information content (AvgIpc) is 3.36. The zero-order valence-corrected chi connectivity index (χ0v) is 13.8. The molecule has 1 atom stereocenters. The lowest BCUT2D eigenvalue weighted by molar-refractivity contribution is -0.129. The molecule has 2 fully saturated rings. The fourth-order valence-electron chi connectivity index (χ4n) is 3.73. The Bertz CT molecular complexity index is 769. The minimum atomic E-state index is -0.287. The normalized spacial score (nSPS) is 21.0. The largest absolute Gasteiger partial charge is 0.339 e. The van der Waals surface area contributed by atoms with Crippen molar-refractivity contribution in [3.63, 3.8) is 0 Å². The Morgan fingerprint density at radius 3 is 2.84 bits per heavy atom. The van der Waals surface area contributed by atoms with Gasteiger partial charge in [0.1, 0.15) is 6.33 Å². The predicted molar refractivity (Wildman–Crippen MR) is 89.9 cm³/mol. The number of nitrogens with one attached hydrogen (secondary N) is 1. The summed E-state index contributed by atoms with van der Waals surface area (Å²) in [7, 11) is 0. The Hall–Kier alpha value is -2.77. The van der Waals surface area contributed by atoms with Crippen LogP contribution in [0.5, 0.6) is 0 Å². The molecule has 0 radical (unpaired) electrons. The molecular weight excluding hydrogens is 320 g/mol. The van der Waals surface area contributed by atoms with Crippen molar-refractivity contribution in [3.8, 4) is 5.69 Å². The first-order valence-corrected chi connectivity index (χ1v) is 8.64. The van der Waals surface area contributed by atoms with Gasteiger partial charge in [0.05, 0.1) is 11.6 Å². The fourth-order valence-corrected chi connectivity index (χ4v) is 3.73. The van der Waals surface area contributed by atoms with Gasteiger partial charge in [-0.15, -0.1) is 5.10 Å². The van der Waals surface area contributed by atoms with Crippen LogP contribution in [0.2, 0.25) is 0 Å². The number of hydrogen-bond acceptors (Lipinski definition) is 5. The van der Waals surface area contributed by atoms with Gasteiger partial charge in [0.15, 0.2) is 0 Å². The number of nitrogens with zero attached hydrogens (tertiary/aromatic N) is 5.